The predicted molar refractivity (Wildman–Crippen MR) is 86.7 cm³/mol. The van der Waals surface area contributed by atoms with Crippen LogP contribution >= 0.6 is 11.6 Å². The predicted octanol–water partition coefficient (Wildman–Crippen LogP) is 2.55. The maximum Gasteiger partial charge on any atom is 0.330 e. The molecule has 2 aromatic rings. The van der Waals surface area contributed by atoms with Gasteiger partial charge in [0.25, 0.3) is 5.91 Å². The van der Waals surface area contributed by atoms with E-state index in [1.165, 1.54) is 4.68 Å². The van der Waals surface area contributed by atoms with Gasteiger partial charge in [0.1, 0.15) is 0 Å². The van der Waals surface area contributed by atoms with E-state index in [4.69, 9.17) is 11.6 Å². The van der Waals surface area contributed by atoms with Crippen molar-refractivity contribution >= 4 is 23.5 Å². The summed E-state index contributed by atoms with van der Waals surface area (Å²) < 4.78 is 1.48. The summed E-state index contributed by atoms with van der Waals surface area (Å²) in [6.07, 6.45) is 0. The summed E-state index contributed by atoms with van der Waals surface area (Å²) in [6.45, 7) is 5.44. The van der Waals surface area contributed by atoms with Gasteiger partial charge in [0.15, 0.2) is 11.7 Å². The Balaban J connectivity index is 2.37. The molecular formula is C16H18ClN3O3. The van der Waals surface area contributed by atoms with Gasteiger partial charge in [-0.05, 0) is 37.5 Å². The smallest absolute Gasteiger partial charge is 0.330 e. The van der Waals surface area contributed by atoms with Crippen LogP contribution in [0.5, 0.6) is 0 Å². The Labute approximate surface area is 139 Å². The fourth-order valence-electron chi connectivity index (χ4n) is 2.29. The van der Waals surface area contributed by atoms with Gasteiger partial charge < -0.3 is 10.4 Å². The van der Waals surface area contributed by atoms with E-state index in [1.807, 2.05) is 19.9 Å². The van der Waals surface area contributed by atoms with Crippen molar-refractivity contribution < 1.29 is 14.7 Å². The van der Waals surface area contributed by atoms with E-state index in [-0.39, 0.29) is 10.7 Å². The third-order valence-corrected chi connectivity index (χ3v) is 4.41. The summed E-state index contributed by atoms with van der Waals surface area (Å²) in [5.41, 5.74) is 2.96. The van der Waals surface area contributed by atoms with E-state index in [9.17, 15) is 14.7 Å². The SMILES string of the molecule is Cc1cccc(C(NC(=O)c2nn(C)c(C)c2Cl)C(=O)O)c1C. The molecule has 1 aromatic heterocycles. The van der Waals surface area contributed by atoms with Crippen molar-refractivity contribution in [2.75, 3.05) is 0 Å². The number of aromatic nitrogens is 2. The number of nitrogens with one attached hydrogen (secondary N) is 1. The van der Waals surface area contributed by atoms with Gasteiger partial charge in [-0.2, -0.15) is 5.10 Å². The number of carboxylic acids is 1. The van der Waals surface area contributed by atoms with Crippen LogP contribution in [-0.4, -0.2) is 26.8 Å². The van der Waals surface area contributed by atoms with E-state index in [2.05, 4.69) is 10.4 Å². The molecule has 0 bridgehead atoms. The summed E-state index contributed by atoms with van der Waals surface area (Å²) in [5, 5.41) is 16.2. The van der Waals surface area contributed by atoms with Crippen LogP contribution in [0.2, 0.25) is 5.02 Å². The number of hydrogen-bond acceptors (Lipinski definition) is 3. The lowest BCUT2D eigenvalue weighted by Gasteiger charge is -2.17. The standard InChI is InChI=1S/C16H18ClN3O3/c1-8-6-5-7-11(9(8)2)13(16(22)23)18-15(21)14-12(17)10(3)20(4)19-14/h5-7,13H,1-4H3,(H,18,21)(H,22,23). The van der Waals surface area contributed by atoms with E-state index in [0.717, 1.165) is 11.1 Å². The minimum Gasteiger partial charge on any atom is -0.479 e. The molecule has 0 aliphatic rings. The van der Waals surface area contributed by atoms with Crippen molar-refractivity contribution in [1.29, 1.82) is 0 Å². The quantitative estimate of drug-likeness (QED) is 0.899. The minimum absolute atomic E-state index is 0.0169. The Hall–Kier alpha value is -2.34. The highest BCUT2D eigenvalue weighted by Gasteiger charge is 2.27. The fraction of sp³-hybridized carbons (Fsp3) is 0.312. The second-order valence-electron chi connectivity index (χ2n) is 5.41. The number of aliphatic carboxylic acids is 1. The van der Waals surface area contributed by atoms with Crippen LogP contribution in [0.1, 0.15) is 38.9 Å². The number of benzene rings is 1. The number of carboxylic acid groups (broad SMARTS) is 1. The summed E-state index contributed by atoms with van der Waals surface area (Å²) in [6, 6.07) is 4.17. The lowest BCUT2D eigenvalue weighted by molar-refractivity contribution is -0.139. The van der Waals surface area contributed by atoms with Gasteiger partial charge in [0.05, 0.1) is 10.7 Å². The van der Waals surface area contributed by atoms with E-state index < -0.39 is 17.9 Å². The second kappa shape index (κ2) is 6.42. The molecule has 0 aliphatic heterocycles. The fourth-order valence-corrected chi connectivity index (χ4v) is 2.53. The average Bonchev–Trinajstić information content (AvgIpc) is 2.75. The first kappa shape index (κ1) is 17.0. The maximum absolute atomic E-state index is 12.4. The molecule has 0 aliphatic carbocycles. The molecule has 7 heteroatoms. The number of nitrogens with zero attached hydrogens (tertiary/aromatic N) is 2. The minimum atomic E-state index is -1.17. The zero-order valence-electron chi connectivity index (χ0n) is 13.3. The molecule has 0 saturated heterocycles. The van der Waals surface area contributed by atoms with Gasteiger partial charge >= 0.3 is 5.97 Å². The Morgan fingerprint density at radius 2 is 1.96 bits per heavy atom. The van der Waals surface area contributed by atoms with Gasteiger partial charge in [-0.3, -0.25) is 9.48 Å². The molecule has 2 N–H and O–H groups in total. The van der Waals surface area contributed by atoms with Gasteiger partial charge in [0, 0.05) is 7.05 Å². The van der Waals surface area contributed by atoms with Crippen LogP contribution in [0.3, 0.4) is 0 Å². The third kappa shape index (κ3) is 3.22. The molecule has 0 spiro atoms. The lowest BCUT2D eigenvalue weighted by atomic mass is 9.97. The summed E-state index contributed by atoms with van der Waals surface area (Å²) in [4.78, 5) is 24.0. The van der Waals surface area contributed by atoms with Gasteiger partial charge in [-0.1, -0.05) is 29.8 Å². The number of aryl methyl sites for hydroxylation is 2. The van der Waals surface area contributed by atoms with Crippen LogP contribution in [0.25, 0.3) is 0 Å². The molecule has 0 saturated carbocycles. The largest absolute Gasteiger partial charge is 0.479 e. The molecule has 6 nitrogen and oxygen atoms in total. The van der Waals surface area contributed by atoms with Crippen molar-refractivity contribution in [1.82, 2.24) is 15.1 Å². The zero-order chi connectivity index (χ0) is 17.3. The van der Waals surface area contributed by atoms with Crippen molar-refractivity contribution in [3.8, 4) is 0 Å². The van der Waals surface area contributed by atoms with Crippen molar-refractivity contribution in [3.63, 3.8) is 0 Å². The monoisotopic (exact) mass is 335 g/mol. The van der Waals surface area contributed by atoms with Crippen molar-refractivity contribution in [2.24, 2.45) is 7.05 Å². The molecule has 1 aromatic carbocycles. The van der Waals surface area contributed by atoms with E-state index in [0.29, 0.717) is 11.3 Å². The molecule has 2 rings (SSSR count). The van der Waals surface area contributed by atoms with Crippen molar-refractivity contribution in [3.05, 3.63) is 51.3 Å². The van der Waals surface area contributed by atoms with Crippen LogP contribution in [0, 0.1) is 20.8 Å². The van der Waals surface area contributed by atoms with E-state index >= 15 is 0 Å². The van der Waals surface area contributed by atoms with Crippen molar-refractivity contribution in [2.45, 2.75) is 26.8 Å². The first-order valence-corrected chi connectivity index (χ1v) is 7.40. The van der Waals surface area contributed by atoms with Gasteiger partial charge in [-0.15, -0.1) is 0 Å². The summed E-state index contributed by atoms with van der Waals surface area (Å²) >= 11 is 6.08. The van der Waals surface area contributed by atoms with E-state index in [1.54, 1.807) is 26.1 Å². The molecule has 1 atom stereocenters. The molecule has 0 radical (unpaired) electrons. The summed E-state index contributed by atoms with van der Waals surface area (Å²) in [5.74, 6) is -1.76. The molecule has 1 amide bonds. The third-order valence-electron chi connectivity index (χ3n) is 3.96. The number of halogens is 1. The molecule has 0 fully saturated rings. The molecule has 1 unspecified atom stereocenters. The maximum atomic E-state index is 12.4. The molecule has 122 valence electrons. The second-order valence-corrected chi connectivity index (χ2v) is 5.78. The highest BCUT2D eigenvalue weighted by atomic mass is 35.5. The summed E-state index contributed by atoms with van der Waals surface area (Å²) in [7, 11) is 1.66. The zero-order valence-corrected chi connectivity index (χ0v) is 14.1. The first-order chi connectivity index (χ1) is 10.7. The Kier molecular flexibility index (Phi) is 4.75. The number of rotatable bonds is 4. The van der Waals surface area contributed by atoms with Crippen LogP contribution in [0.4, 0.5) is 0 Å². The Morgan fingerprint density at radius 3 is 2.48 bits per heavy atom. The number of carbonyl (C=O) groups is 2. The van der Waals surface area contributed by atoms with Crippen LogP contribution < -0.4 is 5.32 Å². The lowest BCUT2D eigenvalue weighted by Crippen LogP contribution is -2.34. The van der Waals surface area contributed by atoms with Crippen LogP contribution in [0.15, 0.2) is 18.2 Å². The molecular weight excluding hydrogens is 318 g/mol. The highest BCUT2D eigenvalue weighted by Crippen LogP contribution is 2.23. The Bertz CT molecular complexity index is 783. The van der Waals surface area contributed by atoms with Gasteiger partial charge in [0.2, 0.25) is 0 Å². The normalized spacial score (nSPS) is 12.0. The molecule has 23 heavy (non-hydrogen) atoms. The number of hydrogen-bond donors (Lipinski definition) is 2. The highest BCUT2D eigenvalue weighted by molar-refractivity contribution is 6.34. The van der Waals surface area contributed by atoms with Gasteiger partial charge in [-0.25, -0.2) is 4.79 Å². The van der Waals surface area contributed by atoms with Crippen LogP contribution in [-0.2, 0) is 11.8 Å². The number of amides is 1. The first-order valence-electron chi connectivity index (χ1n) is 7.03. The average molecular weight is 336 g/mol. The molecule has 1 heterocycles. The Morgan fingerprint density at radius 1 is 1.30 bits per heavy atom. The topological polar surface area (TPSA) is 84.2 Å². The number of carbonyl (C=O) groups excluding carboxylic acids is 1.